The first-order valence-corrected chi connectivity index (χ1v) is 5.59. The van der Waals surface area contributed by atoms with Crippen LogP contribution in [0.1, 0.15) is 0 Å². The number of hydrogen-bond donors (Lipinski definition) is 2. The van der Waals surface area contributed by atoms with Crippen molar-refractivity contribution in [3.63, 3.8) is 0 Å². The van der Waals surface area contributed by atoms with Crippen molar-refractivity contribution < 1.29 is 9.53 Å². The van der Waals surface area contributed by atoms with Crippen LogP contribution in [0.25, 0.3) is 5.52 Å². The number of carbonyl (C=O) groups is 1. The van der Waals surface area contributed by atoms with Crippen LogP contribution in [0, 0.1) is 0 Å². The minimum atomic E-state index is -0.102. The molecule has 0 saturated carbocycles. The average Bonchev–Trinajstić information content (AvgIpc) is 2.85. The molecule has 96 valence electrons. The molecule has 0 bridgehead atoms. The molecule has 2 aromatic heterocycles. The molecular formula is C11H15N5O2. The second-order valence-electron chi connectivity index (χ2n) is 3.63. The summed E-state index contributed by atoms with van der Waals surface area (Å²) in [6, 6.07) is 1.83. The van der Waals surface area contributed by atoms with Gasteiger partial charge in [-0.15, -0.1) is 0 Å². The Morgan fingerprint density at radius 2 is 2.39 bits per heavy atom. The van der Waals surface area contributed by atoms with Gasteiger partial charge in [0, 0.05) is 26.0 Å². The number of rotatable bonds is 6. The highest BCUT2D eigenvalue weighted by molar-refractivity contribution is 5.82. The van der Waals surface area contributed by atoms with Gasteiger partial charge < -0.3 is 15.4 Å². The lowest BCUT2D eigenvalue weighted by atomic mass is 10.4. The van der Waals surface area contributed by atoms with Crippen molar-refractivity contribution in [1.82, 2.24) is 19.9 Å². The number of fused-ring (bicyclic) bond motifs is 1. The van der Waals surface area contributed by atoms with E-state index in [1.807, 2.05) is 6.07 Å². The number of amides is 1. The first-order chi connectivity index (χ1) is 8.81. The lowest BCUT2D eigenvalue weighted by molar-refractivity contribution is -0.119. The van der Waals surface area contributed by atoms with Gasteiger partial charge in [-0.25, -0.2) is 9.50 Å². The Kier molecular flexibility index (Phi) is 4.08. The van der Waals surface area contributed by atoms with Crippen LogP contribution in [0.3, 0.4) is 0 Å². The van der Waals surface area contributed by atoms with E-state index in [1.165, 1.54) is 0 Å². The van der Waals surface area contributed by atoms with Gasteiger partial charge in [0.15, 0.2) is 5.82 Å². The number of anilines is 1. The molecule has 1 amide bonds. The third-order valence-corrected chi connectivity index (χ3v) is 2.37. The van der Waals surface area contributed by atoms with Crippen molar-refractivity contribution in [3.05, 3.63) is 24.7 Å². The fourth-order valence-electron chi connectivity index (χ4n) is 1.51. The number of hydrogen-bond acceptors (Lipinski definition) is 5. The molecule has 0 atom stereocenters. The van der Waals surface area contributed by atoms with Gasteiger partial charge in [-0.2, -0.15) is 5.10 Å². The molecule has 0 aliphatic rings. The zero-order chi connectivity index (χ0) is 12.8. The van der Waals surface area contributed by atoms with Crippen LogP contribution in [-0.4, -0.2) is 47.3 Å². The number of aromatic nitrogens is 3. The molecule has 7 heteroatoms. The maximum atomic E-state index is 11.5. The van der Waals surface area contributed by atoms with E-state index in [0.29, 0.717) is 19.0 Å². The molecule has 0 spiro atoms. The summed E-state index contributed by atoms with van der Waals surface area (Å²) < 4.78 is 6.54. The maximum absolute atomic E-state index is 11.5. The number of nitrogens with one attached hydrogen (secondary N) is 2. The van der Waals surface area contributed by atoms with E-state index in [1.54, 1.807) is 30.2 Å². The van der Waals surface area contributed by atoms with E-state index in [0.717, 1.165) is 5.52 Å². The monoisotopic (exact) mass is 249 g/mol. The van der Waals surface area contributed by atoms with Crippen molar-refractivity contribution >= 4 is 17.2 Å². The summed E-state index contributed by atoms with van der Waals surface area (Å²) in [7, 11) is 1.59. The molecule has 0 radical (unpaired) electrons. The van der Waals surface area contributed by atoms with Crippen molar-refractivity contribution in [2.75, 3.05) is 32.1 Å². The lowest BCUT2D eigenvalue weighted by Gasteiger charge is -2.07. The summed E-state index contributed by atoms with van der Waals surface area (Å²) in [5, 5.41) is 9.78. The topological polar surface area (TPSA) is 80.5 Å². The van der Waals surface area contributed by atoms with Gasteiger partial charge in [0.05, 0.1) is 19.3 Å². The second-order valence-corrected chi connectivity index (χ2v) is 3.63. The second kappa shape index (κ2) is 5.97. The summed E-state index contributed by atoms with van der Waals surface area (Å²) in [5.41, 5.74) is 0.835. The lowest BCUT2D eigenvalue weighted by Crippen LogP contribution is -2.32. The molecule has 0 fully saturated rings. The molecule has 2 aromatic rings. The Hall–Kier alpha value is -2.15. The number of ether oxygens (including phenoxy) is 1. The third kappa shape index (κ3) is 2.95. The van der Waals surface area contributed by atoms with Crippen molar-refractivity contribution in [1.29, 1.82) is 0 Å². The van der Waals surface area contributed by atoms with E-state index in [-0.39, 0.29) is 12.5 Å². The zero-order valence-corrected chi connectivity index (χ0v) is 10.1. The molecular weight excluding hydrogens is 234 g/mol. The molecule has 2 rings (SSSR count). The van der Waals surface area contributed by atoms with Gasteiger partial charge in [-0.1, -0.05) is 0 Å². The van der Waals surface area contributed by atoms with Crippen LogP contribution in [-0.2, 0) is 9.53 Å². The molecule has 0 aliphatic heterocycles. The highest BCUT2D eigenvalue weighted by atomic mass is 16.5. The minimum Gasteiger partial charge on any atom is -0.383 e. The summed E-state index contributed by atoms with van der Waals surface area (Å²) in [4.78, 5) is 15.7. The van der Waals surface area contributed by atoms with Crippen molar-refractivity contribution in [2.45, 2.75) is 0 Å². The van der Waals surface area contributed by atoms with E-state index < -0.39 is 0 Å². The average molecular weight is 249 g/mol. The van der Waals surface area contributed by atoms with Crippen LogP contribution >= 0.6 is 0 Å². The van der Waals surface area contributed by atoms with Gasteiger partial charge in [-0.3, -0.25) is 4.79 Å². The van der Waals surface area contributed by atoms with E-state index in [2.05, 4.69) is 20.7 Å². The quantitative estimate of drug-likeness (QED) is 0.699. The summed E-state index contributed by atoms with van der Waals surface area (Å²) >= 11 is 0. The van der Waals surface area contributed by atoms with Crippen molar-refractivity contribution in [3.8, 4) is 0 Å². The predicted octanol–water partition coefficient (Wildman–Crippen LogP) is -0.0962. The largest absolute Gasteiger partial charge is 0.383 e. The Morgan fingerprint density at radius 3 is 3.22 bits per heavy atom. The van der Waals surface area contributed by atoms with Crippen LogP contribution < -0.4 is 10.6 Å². The summed E-state index contributed by atoms with van der Waals surface area (Å²) in [6.45, 7) is 1.17. The molecule has 0 unspecified atom stereocenters. The van der Waals surface area contributed by atoms with E-state index >= 15 is 0 Å². The van der Waals surface area contributed by atoms with Gasteiger partial charge in [0.25, 0.3) is 0 Å². The standard InChI is InChI=1S/C11H15N5O2/c1-18-7-5-12-10(17)8-14-11-9-2-3-15-16(9)6-4-13-11/h2-4,6H,5,7-8H2,1H3,(H,12,17)(H,13,14). The van der Waals surface area contributed by atoms with Gasteiger partial charge in [0.2, 0.25) is 5.91 Å². The minimum absolute atomic E-state index is 0.102. The Labute approximate surface area is 104 Å². The van der Waals surface area contributed by atoms with Gasteiger partial charge in [0.1, 0.15) is 5.52 Å². The van der Waals surface area contributed by atoms with Crippen LogP contribution in [0.2, 0.25) is 0 Å². The van der Waals surface area contributed by atoms with Gasteiger partial charge in [-0.05, 0) is 6.07 Å². The maximum Gasteiger partial charge on any atom is 0.239 e. The SMILES string of the molecule is COCCNC(=O)CNc1nccn2nccc12. The highest BCUT2D eigenvalue weighted by Crippen LogP contribution is 2.11. The molecule has 0 aromatic carbocycles. The molecule has 2 heterocycles. The van der Waals surface area contributed by atoms with Crippen LogP contribution in [0.15, 0.2) is 24.7 Å². The molecule has 0 aliphatic carbocycles. The summed E-state index contributed by atoms with van der Waals surface area (Å²) in [6.07, 6.45) is 5.06. The molecule has 0 saturated heterocycles. The smallest absolute Gasteiger partial charge is 0.239 e. The summed E-state index contributed by atoms with van der Waals surface area (Å²) in [5.74, 6) is 0.534. The van der Waals surface area contributed by atoms with E-state index in [4.69, 9.17) is 4.74 Å². The first kappa shape index (κ1) is 12.3. The highest BCUT2D eigenvalue weighted by Gasteiger charge is 2.05. The van der Waals surface area contributed by atoms with E-state index in [9.17, 15) is 4.79 Å². The molecule has 2 N–H and O–H groups in total. The van der Waals surface area contributed by atoms with Crippen LogP contribution in [0.5, 0.6) is 0 Å². The van der Waals surface area contributed by atoms with Gasteiger partial charge >= 0.3 is 0 Å². The predicted molar refractivity (Wildman–Crippen MR) is 66.4 cm³/mol. The van der Waals surface area contributed by atoms with Crippen molar-refractivity contribution in [2.24, 2.45) is 0 Å². The fraction of sp³-hybridized carbons (Fsp3) is 0.364. The number of methoxy groups -OCH3 is 1. The number of carbonyl (C=O) groups excluding carboxylic acids is 1. The Morgan fingerprint density at radius 1 is 1.50 bits per heavy atom. The zero-order valence-electron chi connectivity index (χ0n) is 10.1. The third-order valence-electron chi connectivity index (χ3n) is 2.37. The molecule has 7 nitrogen and oxygen atoms in total. The Balaban J connectivity index is 1.90. The Bertz CT molecular complexity index is 525. The normalized spacial score (nSPS) is 10.5. The first-order valence-electron chi connectivity index (χ1n) is 5.59. The number of nitrogens with zero attached hydrogens (tertiary/aromatic N) is 3. The van der Waals surface area contributed by atoms with Crippen LogP contribution in [0.4, 0.5) is 5.82 Å². The fourth-order valence-corrected chi connectivity index (χ4v) is 1.51. The molecule has 18 heavy (non-hydrogen) atoms.